The van der Waals surface area contributed by atoms with E-state index in [-0.39, 0.29) is 28.7 Å². The lowest BCUT2D eigenvalue weighted by molar-refractivity contribution is -0.113. The molecule has 2 aromatic carbocycles. The van der Waals surface area contributed by atoms with Gasteiger partial charge in [0.25, 0.3) is 0 Å². The highest BCUT2D eigenvalue weighted by atomic mass is 32.2. The number of carbonyl (C=O) groups is 2. The number of amides is 1. The molecule has 0 unspecified atom stereocenters. The van der Waals surface area contributed by atoms with Crippen molar-refractivity contribution < 1.29 is 27.5 Å². The number of hydrogen-bond donors (Lipinski definition) is 1. The van der Waals surface area contributed by atoms with Crippen LogP contribution in [0.25, 0.3) is 11.4 Å². The highest BCUT2D eigenvalue weighted by molar-refractivity contribution is 7.99. The highest BCUT2D eigenvalue weighted by Crippen LogP contribution is 2.36. The normalized spacial score (nSPS) is 21.2. The summed E-state index contributed by atoms with van der Waals surface area (Å²) in [4.78, 5) is 26.8. The first-order valence-electron chi connectivity index (χ1n) is 16.9. The molecular formula is C35H47N5O6S2. The fourth-order valence-electron chi connectivity index (χ4n) is 6.42. The van der Waals surface area contributed by atoms with Gasteiger partial charge in [-0.2, -0.15) is 4.31 Å². The Kier molecular flexibility index (Phi) is 12.0. The molecule has 0 spiro atoms. The number of para-hydroxylation sites is 1. The first-order valence-corrected chi connectivity index (χ1v) is 19.3. The lowest BCUT2D eigenvalue weighted by Gasteiger charge is -2.36. The second-order valence-corrected chi connectivity index (χ2v) is 16.0. The number of esters is 1. The van der Waals surface area contributed by atoms with Crippen molar-refractivity contribution >= 4 is 39.3 Å². The van der Waals surface area contributed by atoms with Gasteiger partial charge in [0.15, 0.2) is 11.0 Å². The van der Waals surface area contributed by atoms with Crippen molar-refractivity contribution in [3.05, 3.63) is 54.1 Å². The molecule has 11 nitrogen and oxygen atoms in total. The predicted octanol–water partition coefficient (Wildman–Crippen LogP) is 6.29. The van der Waals surface area contributed by atoms with Crippen LogP contribution in [0.5, 0.6) is 0 Å². The molecule has 0 bridgehead atoms. The number of carbonyl (C=O) groups excluding carboxylic acids is 2. The number of ether oxygens (including phenoxy) is 2. The molecule has 2 heterocycles. The number of aromatic nitrogens is 3. The summed E-state index contributed by atoms with van der Waals surface area (Å²) in [6.45, 7) is 12.0. The van der Waals surface area contributed by atoms with E-state index >= 15 is 0 Å². The van der Waals surface area contributed by atoms with E-state index in [1.54, 1.807) is 42.5 Å². The number of morpholine rings is 1. The third kappa shape index (κ3) is 8.30. The van der Waals surface area contributed by atoms with Crippen LogP contribution in [0.2, 0.25) is 0 Å². The largest absolute Gasteiger partial charge is 0.458 e. The summed E-state index contributed by atoms with van der Waals surface area (Å²) >= 11 is 1.23. The molecule has 48 heavy (non-hydrogen) atoms. The maximum atomic E-state index is 13.4. The summed E-state index contributed by atoms with van der Waals surface area (Å²) in [5, 5.41) is 12.3. The Hall–Kier alpha value is -3.26. The molecule has 5 rings (SSSR count). The standard InChI is InChI=1S/C35H47N5O6S2/c1-6-25(5)40-33(26-10-9-11-27(21-26)48(43,44)39-16-18-45-19-17-39)37-38-35(40)47-22-32(41)36-30-13-8-7-12-29(30)34(42)46-31-20-24(4)14-15-28(31)23(2)3/h7-13,21,23-25,28,31H,6,14-20,22H2,1-5H3,(H,36,41)/t24-,25-,28-,31+/m0/s1. The molecular weight excluding hydrogens is 651 g/mol. The zero-order valence-corrected chi connectivity index (χ0v) is 30.1. The van der Waals surface area contributed by atoms with Crippen molar-refractivity contribution in [1.29, 1.82) is 0 Å². The van der Waals surface area contributed by atoms with Gasteiger partial charge in [0.2, 0.25) is 15.9 Å². The Labute approximate surface area is 288 Å². The smallest absolute Gasteiger partial charge is 0.340 e. The average Bonchev–Trinajstić information content (AvgIpc) is 3.51. The zero-order valence-electron chi connectivity index (χ0n) is 28.4. The minimum Gasteiger partial charge on any atom is -0.458 e. The van der Waals surface area contributed by atoms with Gasteiger partial charge in [-0.3, -0.25) is 9.36 Å². The molecule has 1 aromatic heterocycles. The van der Waals surface area contributed by atoms with E-state index in [4.69, 9.17) is 9.47 Å². The predicted molar refractivity (Wildman–Crippen MR) is 186 cm³/mol. The summed E-state index contributed by atoms with van der Waals surface area (Å²) < 4.78 is 41.5. The molecule has 1 saturated carbocycles. The Bertz CT molecular complexity index is 1690. The third-order valence-corrected chi connectivity index (χ3v) is 12.2. The van der Waals surface area contributed by atoms with E-state index in [0.717, 1.165) is 25.7 Å². The Morgan fingerprint density at radius 2 is 1.81 bits per heavy atom. The van der Waals surface area contributed by atoms with Crippen LogP contribution in [0.1, 0.15) is 76.7 Å². The van der Waals surface area contributed by atoms with E-state index in [9.17, 15) is 18.0 Å². The topological polar surface area (TPSA) is 133 Å². The summed E-state index contributed by atoms with van der Waals surface area (Å²) in [6.07, 6.45) is 3.63. The lowest BCUT2D eigenvalue weighted by atomic mass is 9.75. The summed E-state index contributed by atoms with van der Waals surface area (Å²) in [5.41, 5.74) is 1.35. The van der Waals surface area contributed by atoms with Gasteiger partial charge in [-0.25, -0.2) is 13.2 Å². The molecule has 0 radical (unpaired) electrons. The molecule has 1 N–H and O–H groups in total. The van der Waals surface area contributed by atoms with Gasteiger partial charge in [0.05, 0.1) is 35.1 Å². The van der Waals surface area contributed by atoms with Crippen LogP contribution >= 0.6 is 11.8 Å². The number of nitrogens with one attached hydrogen (secondary N) is 1. The summed E-state index contributed by atoms with van der Waals surface area (Å²) in [6, 6.07) is 13.6. The van der Waals surface area contributed by atoms with Crippen LogP contribution in [0.3, 0.4) is 0 Å². The molecule has 3 aromatic rings. The van der Waals surface area contributed by atoms with Gasteiger partial charge in [-0.15, -0.1) is 10.2 Å². The maximum Gasteiger partial charge on any atom is 0.340 e. The van der Waals surface area contributed by atoms with Crippen molar-refractivity contribution in [3.8, 4) is 11.4 Å². The fourth-order valence-corrected chi connectivity index (χ4v) is 8.71. The van der Waals surface area contributed by atoms with E-state index in [1.165, 1.54) is 16.1 Å². The third-order valence-electron chi connectivity index (χ3n) is 9.37. The Balaban J connectivity index is 1.29. The van der Waals surface area contributed by atoms with Gasteiger partial charge < -0.3 is 14.8 Å². The molecule has 2 fully saturated rings. The number of thioether (sulfide) groups is 1. The van der Waals surface area contributed by atoms with Crippen LogP contribution in [0, 0.1) is 17.8 Å². The van der Waals surface area contributed by atoms with Gasteiger partial charge >= 0.3 is 5.97 Å². The molecule has 1 aliphatic carbocycles. The SMILES string of the molecule is CC[C@H](C)n1c(SCC(=O)Nc2ccccc2C(=O)O[C@@H]2C[C@@H](C)CC[C@H]2C(C)C)nnc1-c1cccc(S(=O)(=O)N2CCOCC2)c1. The van der Waals surface area contributed by atoms with E-state index in [0.29, 0.717) is 71.9 Å². The minimum absolute atomic E-state index is 0.0206. The van der Waals surface area contributed by atoms with Crippen molar-refractivity contribution in [3.63, 3.8) is 0 Å². The molecule has 4 atom stereocenters. The molecule has 1 saturated heterocycles. The van der Waals surface area contributed by atoms with E-state index < -0.39 is 16.0 Å². The molecule has 260 valence electrons. The number of benzene rings is 2. The quantitative estimate of drug-likeness (QED) is 0.171. The van der Waals surface area contributed by atoms with Crippen molar-refractivity contribution in [2.24, 2.45) is 17.8 Å². The zero-order chi connectivity index (χ0) is 34.4. The molecule has 1 amide bonds. The van der Waals surface area contributed by atoms with E-state index in [2.05, 4.69) is 36.3 Å². The number of hydrogen-bond acceptors (Lipinski definition) is 9. The second kappa shape index (κ2) is 16.0. The van der Waals surface area contributed by atoms with Gasteiger partial charge in [-0.1, -0.05) is 70.1 Å². The molecule has 2 aliphatic rings. The maximum absolute atomic E-state index is 13.4. The van der Waals surface area contributed by atoms with Crippen molar-refractivity contribution in [1.82, 2.24) is 19.1 Å². The summed E-state index contributed by atoms with van der Waals surface area (Å²) in [5.74, 6) is 1.04. The highest BCUT2D eigenvalue weighted by Gasteiger charge is 2.34. The number of sulfonamides is 1. The van der Waals surface area contributed by atoms with Crippen molar-refractivity contribution in [2.75, 3.05) is 37.4 Å². The first-order chi connectivity index (χ1) is 23.0. The van der Waals surface area contributed by atoms with Crippen LogP contribution in [-0.4, -0.2) is 77.5 Å². The number of nitrogens with zero attached hydrogens (tertiary/aromatic N) is 4. The second-order valence-electron chi connectivity index (χ2n) is 13.1. The van der Waals surface area contributed by atoms with Gasteiger partial charge in [0.1, 0.15) is 6.10 Å². The van der Waals surface area contributed by atoms with Crippen molar-refractivity contribution in [2.45, 2.75) is 82.5 Å². The minimum atomic E-state index is -3.70. The van der Waals surface area contributed by atoms with Crippen LogP contribution in [0.4, 0.5) is 5.69 Å². The average molecular weight is 698 g/mol. The first kappa shape index (κ1) is 36.0. The Morgan fingerprint density at radius 1 is 1.06 bits per heavy atom. The molecule has 13 heteroatoms. The summed E-state index contributed by atoms with van der Waals surface area (Å²) in [7, 11) is -3.70. The monoisotopic (exact) mass is 697 g/mol. The lowest BCUT2D eigenvalue weighted by Crippen LogP contribution is -2.40. The Morgan fingerprint density at radius 3 is 2.54 bits per heavy atom. The van der Waals surface area contributed by atoms with Crippen LogP contribution < -0.4 is 5.32 Å². The molecule has 1 aliphatic heterocycles. The van der Waals surface area contributed by atoms with Gasteiger partial charge in [0, 0.05) is 24.7 Å². The number of rotatable bonds is 12. The van der Waals surface area contributed by atoms with Crippen LogP contribution in [-0.2, 0) is 24.3 Å². The van der Waals surface area contributed by atoms with Crippen LogP contribution in [0.15, 0.2) is 58.6 Å². The van der Waals surface area contributed by atoms with Gasteiger partial charge in [-0.05, 0) is 68.2 Å². The van der Waals surface area contributed by atoms with E-state index in [1.807, 2.05) is 24.5 Å². The number of anilines is 1. The fraction of sp³-hybridized carbons (Fsp3) is 0.543.